The summed E-state index contributed by atoms with van der Waals surface area (Å²) < 4.78 is 1.60. The Kier molecular flexibility index (Phi) is 4.92. The van der Waals surface area contributed by atoms with E-state index >= 15 is 0 Å². The van der Waals surface area contributed by atoms with Gasteiger partial charge >= 0.3 is 0 Å². The van der Waals surface area contributed by atoms with Crippen molar-refractivity contribution in [2.45, 2.75) is 16.7 Å². The van der Waals surface area contributed by atoms with Gasteiger partial charge in [0.25, 0.3) is 5.91 Å². The van der Waals surface area contributed by atoms with Crippen molar-refractivity contribution in [3.63, 3.8) is 0 Å². The molecule has 0 atom stereocenters. The lowest BCUT2D eigenvalue weighted by Gasteiger charge is -2.10. The first kappa shape index (κ1) is 16.6. The number of nitrogens with zero attached hydrogens (tertiary/aromatic N) is 2. The Bertz CT molecular complexity index is 877. The molecule has 4 nitrogen and oxygen atoms in total. The first-order chi connectivity index (χ1) is 11.6. The second kappa shape index (κ2) is 7.11. The van der Waals surface area contributed by atoms with E-state index in [0.717, 1.165) is 21.2 Å². The van der Waals surface area contributed by atoms with Crippen molar-refractivity contribution in [3.05, 3.63) is 71.0 Å². The molecule has 6 heteroatoms. The molecular formula is C18H16ClN3OS. The SMILES string of the molecule is Cc1c(Cl)c(C(=O)Nc2ccccc2Sc2ccccc2)nn1C. The molecular weight excluding hydrogens is 342 g/mol. The van der Waals surface area contributed by atoms with Gasteiger partial charge in [0.05, 0.1) is 16.4 Å². The number of para-hydroxylation sites is 1. The molecule has 3 aromatic rings. The lowest BCUT2D eigenvalue weighted by molar-refractivity contribution is 0.102. The van der Waals surface area contributed by atoms with E-state index in [9.17, 15) is 4.79 Å². The highest BCUT2D eigenvalue weighted by molar-refractivity contribution is 7.99. The Labute approximate surface area is 149 Å². The van der Waals surface area contributed by atoms with Gasteiger partial charge < -0.3 is 5.32 Å². The fourth-order valence-corrected chi connectivity index (χ4v) is 3.35. The van der Waals surface area contributed by atoms with Crippen LogP contribution in [-0.4, -0.2) is 15.7 Å². The summed E-state index contributed by atoms with van der Waals surface area (Å²) in [5, 5.41) is 7.47. The Hall–Kier alpha value is -2.24. The van der Waals surface area contributed by atoms with E-state index in [1.165, 1.54) is 0 Å². The Morgan fingerprint density at radius 2 is 1.79 bits per heavy atom. The Morgan fingerprint density at radius 1 is 1.12 bits per heavy atom. The molecule has 0 saturated carbocycles. The van der Waals surface area contributed by atoms with Crippen molar-refractivity contribution in [3.8, 4) is 0 Å². The van der Waals surface area contributed by atoms with Crippen molar-refractivity contribution in [1.82, 2.24) is 9.78 Å². The van der Waals surface area contributed by atoms with Gasteiger partial charge in [-0.25, -0.2) is 0 Å². The highest BCUT2D eigenvalue weighted by Gasteiger charge is 2.19. The van der Waals surface area contributed by atoms with Crippen molar-refractivity contribution in [2.75, 3.05) is 5.32 Å². The van der Waals surface area contributed by atoms with Crippen LogP contribution in [0.15, 0.2) is 64.4 Å². The number of amides is 1. The lowest BCUT2D eigenvalue weighted by Crippen LogP contribution is -2.14. The monoisotopic (exact) mass is 357 g/mol. The number of hydrogen-bond acceptors (Lipinski definition) is 3. The fourth-order valence-electron chi connectivity index (χ4n) is 2.18. The van der Waals surface area contributed by atoms with Crippen LogP contribution in [0.2, 0.25) is 5.02 Å². The molecule has 24 heavy (non-hydrogen) atoms. The molecule has 0 saturated heterocycles. The van der Waals surface area contributed by atoms with E-state index in [4.69, 9.17) is 11.6 Å². The summed E-state index contributed by atoms with van der Waals surface area (Å²) in [7, 11) is 1.76. The summed E-state index contributed by atoms with van der Waals surface area (Å²) in [4.78, 5) is 14.6. The maximum atomic E-state index is 12.5. The smallest absolute Gasteiger partial charge is 0.277 e. The molecule has 122 valence electrons. The summed E-state index contributed by atoms with van der Waals surface area (Å²) in [6, 6.07) is 17.7. The van der Waals surface area contributed by atoms with Crippen LogP contribution in [-0.2, 0) is 7.05 Å². The quantitative estimate of drug-likeness (QED) is 0.730. The molecule has 0 spiro atoms. The van der Waals surface area contributed by atoms with Crippen LogP contribution in [0, 0.1) is 6.92 Å². The molecule has 0 fully saturated rings. The number of halogens is 1. The molecule has 1 amide bonds. The fraction of sp³-hybridized carbons (Fsp3) is 0.111. The second-order valence-electron chi connectivity index (χ2n) is 5.24. The van der Waals surface area contributed by atoms with Gasteiger partial charge in [-0.2, -0.15) is 5.10 Å². The first-order valence-corrected chi connectivity index (χ1v) is 8.58. The first-order valence-electron chi connectivity index (χ1n) is 7.38. The number of carbonyl (C=O) groups excluding carboxylic acids is 1. The number of aromatic nitrogens is 2. The van der Waals surface area contributed by atoms with Crippen LogP contribution in [0.25, 0.3) is 0 Å². The van der Waals surface area contributed by atoms with Gasteiger partial charge in [0.1, 0.15) is 0 Å². The predicted molar refractivity (Wildman–Crippen MR) is 97.9 cm³/mol. The van der Waals surface area contributed by atoms with Gasteiger partial charge in [-0.1, -0.05) is 53.7 Å². The zero-order valence-corrected chi connectivity index (χ0v) is 14.9. The molecule has 3 rings (SSSR count). The highest BCUT2D eigenvalue weighted by Crippen LogP contribution is 2.33. The topological polar surface area (TPSA) is 46.9 Å². The Morgan fingerprint density at radius 3 is 2.46 bits per heavy atom. The summed E-state index contributed by atoms with van der Waals surface area (Å²) in [5.74, 6) is -0.315. The molecule has 1 N–H and O–H groups in total. The summed E-state index contributed by atoms with van der Waals surface area (Å²) in [6.07, 6.45) is 0. The van der Waals surface area contributed by atoms with Gasteiger partial charge in [0, 0.05) is 16.8 Å². The standard InChI is InChI=1S/C18H16ClN3OS/c1-12-16(19)17(21-22(12)2)18(23)20-14-10-6-7-11-15(14)24-13-8-4-3-5-9-13/h3-11H,1-2H3,(H,20,23). The van der Waals surface area contributed by atoms with E-state index in [0.29, 0.717) is 5.02 Å². The van der Waals surface area contributed by atoms with Crippen molar-refractivity contribution >= 4 is 35.0 Å². The second-order valence-corrected chi connectivity index (χ2v) is 6.73. The lowest BCUT2D eigenvalue weighted by atomic mass is 10.3. The molecule has 2 aromatic carbocycles. The molecule has 0 unspecified atom stereocenters. The largest absolute Gasteiger partial charge is 0.319 e. The third kappa shape index (κ3) is 3.47. The van der Waals surface area contributed by atoms with Crippen molar-refractivity contribution in [2.24, 2.45) is 7.05 Å². The van der Waals surface area contributed by atoms with Crippen LogP contribution in [0.4, 0.5) is 5.69 Å². The maximum Gasteiger partial charge on any atom is 0.277 e. The molecule has 0 aliphatic carbocycles. The highest BCUT2D eigenvalue weighted by atomic mass is 35.5. The molecule has 1 aromatic heterocycles. The van der Waals surface area contributed by atoms with E-state index < -0.39 is 0 Å². The average molecular weight is 358 g/mol. The molecule has 0 aliphatic heterocycles. The van der Waals surface area contributed by atoms with E-state index in [-0.39, 0.29) is 11.6 Å². The molecule has 0 aliphatic rings. The normalized spacial score (nSPS) is 10.6. The molecule has 0 bridgehead atoms. The minimum absolute atomic E-state index is 0.233. The molecule has 0 radical (unpaired) electrons. The van der Waals surface area contributed by atoms with Gasteiger partial charge in [-0.15, -0.1) is 0 Å². The van der Waals surface area contributed by atoms with Crippen LogP contribution in [0.1, 0.15) is 16.2 Å². The van der Waals surface area contributed by atoms with Crippen molar-refractivity contribution < 1.29 is 4.79 Å². The van der Waals surface area contributed by atoms with E-state index in [1.807, 2.05) is 61.5 Å². The van der Waals surface area contributed by atoms with Crippen LogP contribution in [0.3, 0.4) is 0 Å². The van der Waals surface area contributed by atoms with Crippen LogP contribution < -0.4 is 5.32 Å². The number of anilines is 1. The number of rotatable bonds is 4. The van der Waals surface area contributed by atoms with E-state index in [2.05, 4.69) is 10.4 Å². The minimum Gasteiger partial charge on any atom is -0.319 e. The van der Waals surface area contributed by atoms with Gasteiger partial charge in [0.15, 0.2) is 5.69 Å². The van der Waals surface area contributed by atoms with Gasteiger partial charge in [-0.3, -0.25) is 9.48 Å². The maximum absolute atomic E-state index is 12.5. The molecule has 1 heterocycles. The minimum atomic E-state index is -0.315. The number of hydrogen-bond donors (Lipinski definition) is 1. The average Bonchev–Trinajstić information content (AvgIpc) is 2.85. The number of benzene rings is 2. The van der Waals surface area contributed by atoms with Crippen molar-refractivity contribution in [1.29, 1.82) is 0 Å². The summed E-state index contributed by atoms with van der Waals surface area (Å²) >= 11 is 7.79. The third-order valence-corrected chi connectivity index (χ3v) is 5.12. The Balaban J connectivity index is 1.85. The van der Waals surface area contributed by atoms with Crippen LogP contribution in [0.5, 0.6) is 0 Å². The summed E-state index contributed by atoms with van der Waals surface area (Å²) in [5.41, 5.74) is 1.72. The third-order valence-electron chi connectivity index (χ3n) is 3.58. The zero-order valence-electron chi connectivity index (χ0n) is 13.3. The van der Waals surface area contributed by atoms with E-state index in [1.54, 1.807) is 23.5 Å². The zero-order chi connectivity index (χ0) is 17.1. The van der Waals surface area contributed by atoms with Gasteiger partial charge in [0.2, 0.25) is 0 Å². The van der Waals surface area contributed by atoms with Gasteiger partial charge in [-0.05, 0) is 31.2 Å². The number of aryl methyl sites for hydroxylation is 1. The number of nitrogens with one attached hydrogen (secondary N) is 1. The van der Waals surface area contributed by atoms with Crippen LogP contribution >= 0.6 is 23.4 Å². The summed E-state index contributed by atoms with van der Waals surface area (Å²) in [6.45, 7) is 1.82. The number of carbonyl (C=O) groups is 1. The predicted octanol–water partition coefficient (Wildman–Crippen LogP) is 4.79.